The van der Waals surface area contributed by atoms with Crippen molar-refractivity contribution in [1.82, 2.24) is 9.97 Å². The summed E-state index contributed by atoms with van der Waals surface area (Å²) < 4.78 is 0. The maximum atomic E-state index is 11.9. The van der Waals surface area contributed by atoms with Crippen molar-refractivity contribution in [1.29, 1.82) is 0 Å². The number of rotatable bonds is 2. The lowest BCUT2D eigenvalue weighted by atomic mass is 10.1. The van der Waals surface area contributed by atoms with Crippen LogP contribution in [0.4, 0.5) is 5.82 Å². The highest BCUT2D eigenvalue weighted by Crippen LogP contribution is 2.44. The molecule has 0 amide bonds. The van der Waals surface area contributed by atoms with Crippen LogP contribution in [0.5, 0.6) is 0 Å². The van der Waals surface area contributed by atoms with Gasteiger partial charge in [0.1, 0.15) is 0 Å². The lowest BCUT2D eigenvalue weighted by Crippen LogP contribution is -2.33. The van der Waals surface area contributed by atoms with E-state index in [0.717, 1.165) is 18.8 Å². The first-order chi connectivity index (χ1) is 8.08. The normalized spacial score (nSPS) is 30.8. The van der Waals surface area contributed by atoms with Crippen molar-refractivity contribution in [3.05, 3.63) is 22.2 Å². The van der Waals surface area contributed by atoms with Crippen molar-refractivity contribution >= 4 is 5.82 Å². The Kier molecular flexibility index (Phi) is 2.26. The van der Waals surface area contributed by atoms with Crippen LogP contribution in [0.25, 0.3) is 0 Å². The smallest absolute Gasteiger partial charge is 0.291 e. The van der Waals surface area contributed by atoms with Crippen molar-refractivity contribution < 1.29 is 0 Å². The Labute approximate surface area is 100 Å². The third-order valence-corrected chi connectivity index (χ3v) is 3.97. The zero-order valence-electron chi connectivity index (χ0n) is 10.2. The van der Waals surface area contributed by atoms with E-state index in [4.69, 9.17) is 5.73 Å². The zero-order valence-corrected chi connectivity index (χ0v) is 10.2. The van der Waals surface area contributed by atoms with E-state index in [2.05, 4.69) is 14.9 Å². The minimum Gasteiger partial charge on any atom is -0.351 e. The minimum absolute atomic E-state index is 0.0777. The van der Waals surface area contributed by atoms with Crippen LogP contribution in [-0.2, 0) is 0 Å². The second-order valence-corrected chi connectivity index (χ2v) is 5.46. The second kappa shape index (κ2) is 3.57. The van der Waals surface area contributed by atoms with Crippen LogP contribution < -0.4 is 16.2 Å². The monoisotopic (exact) mass is 234 g/mol. The van der Waals surface area contributed by atoms with Gasteiger partial charge in [-0.15, -0.1) is 0 Å². The molecule has 2 unspecified atom stereocenters. The molecule has 92 valence electrons. The summed E-state index contributed by atoms with van der Waals surface area (Å²) in [6.45, 7) is 5.83. The van der Waals surface area contributed by atoms with Crippen molar-refractivity contribution in [3.63, 3.8) is 0 Å². The van der Waals surface area contributed by atoms with Gasteiger partial charge < -0.3 is 15.6 Å². The molecule has 1 aliphatic heterocycles. The fourth-order valence-electron chi connectivity index (χ4n) is 2.67. The molecular weight excluding hydrogens is 216 g/mol. The van der Waals surface area contributed by atoms with Crippen LogP contribution in [0.2, 0.25) is 0 Å². The topological polar surface area (TPSA) is 75.0 Å². The molecule has 1 saturated heterocycles. The molecule has 0 spiro atoms. The number of hydrogen-bond donors (Lipinski definition) is 2. The Balaban J connectivity index is 1.83. The molecule has 1 aromatic heterocycles. The summed E-state index contributed by atoms with van der Waals surface area (Å²) >= 11 is 0. The van der Waals surface area contributed by atoms with E-state index in [9.17, 15) is 4.79 Å². The first-order valence-corrected chi connectivity index (χ1v) is 6.17. The highest BCUT2D eigenvalue weighted by atomic mass is 16.1. The Morgan fingerprint density at radius 1 is 1.47 bits per heavy atom. The predicted octanol–water partition coefficient (Wildman–Crippen LogP) is 0.287. The highest BCUT2D eigenvalue weighted by Gasteiger charge is 2.54. The van der Waals surface area contributed by atoms with Crippen molar-refractivity contribution in [2.45, 2.75) is 25.8 Å². The molecule has 2 fully saturated rings. The Morgan fingerprint density at radius 2 is 2.12 bits per heavy atom. The van der Waals surface area contributed by atoms with Crippen LogP contribution in [0.3, 0.4) is 0 Å². The van der Waals surface area contributed by atoms with E-state index in [1.165, 1.54) is 0 Å². The molecule has 5 nitrogen and oxygen atoms in total. The number of hydrogen-bond acceptors (Lipinski definition) is 4. The van der Waals surface area contributed by atoms with Gasteiger partial charge in [0.15, 0.2) is 5.82 Å². The zero-order chi connectivity index (χ0) is 12.2. The molecular formula is C12H18N4O. The van der Waals surface area contributed by atoms with E-state index in [-0.39, 0.29) is 5.56 Å². The van der Waals surface area contributed by atoms with Gasteiger partial charge in [-0.2, -0.15) is 0 Å². The summed E-state index contributed by atoms with van der Waals surface area (Å²) in [5.74, 6) is 1.99. The largest absolute Gasteiger partial charge is 0.351 e. The van der Waals surface area contributed by atoms with Crippen molar-refractivity contribution in [2.24, 2.45) is 17.6 Å². The number of nitrogens with one attached hydrogen (secondary N) is 1. The summed E-state index contributed by atoms with van der Waals surface area (Å²) in [4.78, 5) is 21.2. The predicted molar refractivity (Wildman–Crippen MR) is 66.1 cm³/mol. The van der Waals surface area contributed by atoms with Gasteiger partial charge in [0.2, 0.25) is 0 Å². The fraction of sp³-hybridized carbons (Fsp3) is 0.667. The standard InChI is InChI=1S/C12H18N4O/c1-6(2)9-3-14-11(12(17)15-9)16-4-7-8(5-16)10(7)13/h3,6-8,10H,4-5,13H2,1-2H3,(H,15,17). The number of fused-ring (bicyclic) bond motifs is 1. The molecule has 5 heteroatoms. The van der Waals surface area contributed by atoms with Gasteiger partial charge in [-0.05, 0) is 17.8 Å². The highest BCUT2D eigenvalue weighted by molar-refractivity contribution is 5.41. The molecule has 2 heterocycles. The third-order valence-electron chi connectivity index (χ3n) is 3.97. The van der Waals surface area contributed by atoms with Gasteiger partial charge in [-0.3, -0.25) is 4.79 Å². The van der Waals surface area contributed by atoms with Crippen molar-refractivity contribution in [2.75, 3.05) is 18.0 Å². The number of aromatic nitrogens is 2. The maximum absolute atomic E-state index is 11.9. The average Bonchev–Trinajstić information content (AvgIpc) is 2.76. The second-order valence-electron chi connectivity index (χ2n) is 5.46. The minimum atomic E-state index is -0.0777. The summed E-state index contributed by atoms with van der Waals surface area (Å²) in [5, 5.41) is 0. The number of anilines is 1. The average molecular weight is 234 g/mol. The summed E-state index contributed by atoms with van der Waals surface area (Å²) in [6, 6.07) is 0.347. The first kappa shape index (κ1) is 10.8. The van der Waals surface area contributed by atoms with Gasteiger partial charge in [-0.25, -0.2) is 4.98 Å². The number of H-pyrrole nitrogens is 1. The quantitative estimate of drug-likeness (QED) is 0.771. The van der Waals surface area contributed by atoms with Crippen LogP contribution in [0, 0.1) is 11.8 Å². The third kappa shape index (κ3) is 1.65. The summed E-state index contributed by atoms with van der Waals surface area (Å²) in [7, 11) is 0. The lowest BCUT2D eigenvalue weighted by molar-refractivity contribution is 0.723. The summed E-state index contributed by atoms with van der Waals surface area (Å²) in [6.07, 6.45) is 1.77. The molecule has 1 aliphatic carbocycles. The van der Waals surface area contributed by atoms with Crippen LogP contribution in [0.15, 0.2) is 11.0 Å². The van der Waals surface area contributed by atoms with E-state index >= 15 is 0 Å². The molecule has 17 heavy (non-hydrogen) atoms. The van der Waals surface area contributed by atoms with Crippen LogP contribution >= 0.6 is 0 Å². The van der Waals surface area contributed by atoms with Crippen molar-refractivity contribution in [3.8, 4) is 0 Å². The molecule has 0 radical (unpaired) electrons. The van der Waals surface area contributed by atoms with Crippen LogP contribution in [-0.4, -0.2) is 29.1 Å². The van der Waals surface area contributed by atoms with Gasteiger partial charge in [-0.1, -0.05) is 13.8 Å². The van der Waals surface area contributed by atoms with Gasteiger partial charge in [0.25, 0.3) is 5.56 Å². The van der Waals surface area contributed by atoms with Crippen LogP contribution in [0.1, 0.15) is 25.5 Å². The first-order valence-electron chi connectivity index (χ1n) is 6.17. The number of piperidine rings is 1. The van der Waals surface area contributed by atoms with Gasteiger partial charge in [0, 0.05) is 31.0 Å². The molecule has 3 N–H and O–H groups in total. The maximum Gasteiger partial charge on any atom is 0.291 e. The molecule has 1 saturated carbocycles. The van der Waals surface area contributed by atoms with E-state index in [1.54, 1.807) is 6.20 Å². The Bertz CT molecular complexity index is 484. The number of nitrogens with two attached hydrogens (primary N) is 1. The van der Waals surface area contributed by atoms with Gasteiger partial charge in [0.05, 0.1) is 0 Å². The van der Waals surface area contributed by atoms with E-state index in [0.29, 0.717) is 29.6 Å². The Morgan fingerprint density at radius 3 is 2.65 bits per heavy atom. The summed E-state index contributed by atoms with van der Waals surface area (Å²) in [5.41, 5.74) is 6.69. The van der Waals surface area contributed by atoms with E-state index < -0.39 is 0 Å². The lowest BCUT2D eigenvalue weighted by Gasteiger charge is -2.19. The molecule has 0 bridgehead atoms. The number of aromatic amines is 1. The molecule has 3 rings (SSSR count). The van der Waals surface area contributed by atoms with Gasteiger partial charge >= 0.3 is 0 Å². The Hall–Kier alpha value is -1.36. The molecule has 1 aromatic rings. The molecule has 2 atom stereocenters. The molecule has 2 aliphatic rings. The SMILES string of the molecule is CC(C)c1cnc(N2CC3C(N)C3C2)c(=O)[nH]1. The van der Waals surface area contributed by atoms with E-state index in [1.807, 2.05) is 13.8 Å². The molecule has 0 aromatic carbocycles. The fourth-order valence-corrected chi connectivity index (χ4v) is 2.67. The number of nitrogens with zero attached hydrogens (tertiary/aromatic N) is 2.